The number of furan rings is 1. The fourth-order valence-electron chi connectivity index (χ4n) is 3.26. The van der Waals surface area contributed by atoms with Crippen LogP contribution in [0.5, 0.6) is 0 Å². The quantitative estimate of drug-likeness (QED) is 0.744. The van der Waals surface area contributed by atoms with Crippen LogP contribution in [-0.4, -0.2) is 53.5 Å². The zero-order chi connectivity index (χ0) is 16.5. The van der Waals surface area contributed by atoms with Crippen molar-refractivity contribution in [1.29, 1.82) is 0 Å². The Hall–Kier alpha value is -2.53. The average Bonchev–Trinajstić information content (AvgIpc) is 3.19. The monoisotopic (exact) mass is 323 g/mol. The van der Waals surface area contributed by atoms with Crippen molar-refractivity contribution in [2.24, 2.45) is 0 Å². The molecule has 5 heteroatoms. The van der Waals surface area contributed by atoms with E-state index in [2.05, 4.69) is 28.6 Å². The van der Waals surface area contributed by atoms with Crippen molar-refractivity contribution in [1.82, 2.24) is 14.4 Å². The third-order valence-electron chi connectivity index (χ3n) is 4.72. The second-order valence-corrected chi connectivity index (χ2v) is 6.37. The SMILES string of the molecule is CN1CCN(C(=O)c2cc3occc3n2Cc2ccccc2)CC1. The summed E-state index contributed by atoms with van der Waals surface area (Å²) in [5.74, 6) is 0.0884. The molecule has 1 fully saturated rings. The van der Waals surface area contributed by atoms with Crippen molar-refractivity contribution >= 4 is 17.0 Å². The number of hydrogen-bond donors (Lipinski definition) is 0. The molecular weight excluding hydrogens is 302 g/mol. The molecule has 5 nitrogen and oxygen atoms in total. The summed E-state index contributed by atoms with van der Waals surface area (Å²) in [7, 11) is 2.09. The molecule has 3 heterocycles. The molecule has 4 rings (SSSR count). The Labute approximate surface area is 141 Å². The number of carbonyl (C=O) groups is 1. The van der Waals surface area contributed by atoms with Crippen LogP contribution in [0.2, 0.25) is 0 Å². The van der Waals surface area contributed by atoms with Crippen molar-refractivity contribution in [2.75, 3.05) is 33.2 Å². The van der Waals surface area contributed by atoms with Crippen molar-refractivity contribution in [3.63, 3.8) is 0 Å². The highest BCUT2D eigenvalue weighted by molar-refractivity contribution is 5.97. The number of rotatable bonds is 3. The molecule has 2 aromatic heterocycles. The summed E-state index contributed by atoms with van der Waals surface area (Å²) in [4.78, 5) is 17.2. The number of likely N-dealkylation sites (N-methyl/N-ethyl adjacent to an activating group) is 1. The molecule has 1 aliphatic heterocycles. The van der Waals surface area contributed by atoms with Gasteiger partial charge in [-0.15, -0.1) is 0 Å². The first-order chi connectivity index (χ1) is 11.7. The van der Waals surface area contributed by atoms with Crippen LogP contribution >= 0.6 is 0 Å². The summed E-state index contributed by atoms with van der Waals surface area (Å²) in [6, 6.07) is 14.0. The van der Waals surface area contributed by atoms with Gasteiger partial charge in [-0.2, -0.15) is 0 Å². The molecule has 0 aliphatic carbocycles. The number of nitrogens with zero attached hydrogens (tertiary/aromatic N) is 3. The molecule has 1 amide bonds. The Balaban J connectivity index is 1.68. The lowest BCUT2D eigenvalue weighted by Gasteiger charge is -2.32. The molecule has 0 spiro atoms. The first-order valence-corrected chi connectivity index (χ1v) is 8.31. The van der Waals surface area contributed by atoms with E-state index in [1.165, 1.54) is 5.56 Å². The van der Waals surface area contributed by atoms with Gasteiger partial charge < -0.3 is 18.8 Å². The molecule has 3 aromatic rings. The lowest BCUT2D eigenvalue weighted by Crippen LogP contribution is -2.47. The maximum atomic E-state index is 13.0. The first kappa shape index (κ1) is 15.0. The minimum Gasteiger partial charge on any atom is -0.463 e. The van der Waals surface area contributed by atoms with Crippen LogP contribution < -0.4 is 0 Å². The van der Waals surface area contributed by atoms with Gasteiger partial charge in [0.25, 0.3) is 5.91 Å². The van der Waals surface area contributed by atoms with Crippen molar-refractivity contribution in [3.05, 3.63) is 60.0 Å². The van der Waals surface area contributed by atoms with E-state index >= 15 is 0 Å². The van der Waals surface area contributed by atoms with E-state index in [0.29, 0.717) is 12.2 Å². The molecule has 0 N–H and O–H groups in total. The maximum absolute atomic E-state index is 13.0. The molecule has 0 atom stereocenters. The standard InChI is InChI=1S/C19H21N3O2/c1-20-8-10-21(11-9-20)19(23)17-13-18-16(7-12-24-18)22(17)14-15-5-3-2-4-6-15/h2-7,12-13H,8-11,14H2,1H3. The van der Waals surface area contributed by atoms with Gasteiger partial charge in [0.15, 0.2) is 5.58 Å². The fourth-order valence-corrected chi connectivity index (χ4v) is 3.26. The fraction of sp³-hybridized carbons (Fsp3) is 0.316. The molecule has 0 bridgehead atoms. The lowest BCUT2D eigenvalue weighted by atomic mass is 10.2. The number of carbonyl (C=O) groups excluding carboxylic acids is 1. The van der Waals surface area contributed by atoms with Gasteiger partial charge in [0.2, 0.25) is 0 Å². The first-order valence-electron chi connectivity index (χ1n) is 8.31. The number of hydrogen-bond acceptors (Lipinski definition) is 3. The third kappa shape index (κ3) is 2.71. The van der Waals surface area contributed by atoms with Gasteiger partial charge in [-0.05, 0) is 12.6 Å². The van der Waals surface area contributed by atoms with Crippen LogP contribution in [0.3, 0.4) is 0 Å². The van der Waals surface area contributed by atoms with Gasteiger partial charge in [0.05, 0.1) is 11.8 Å². The van der Waals surface area contributed by atoms with E-state index in [0.717, 1.165) is 37.3 Å². The van der Waals surface area contributed by atoms with Gasteiger partial charge in [-0.25, -0.2) is 0 Å². The summed E-state index contributed by atoms with van der Waals surface area (Å²) >= 11 is 0. The highest BCUT2D eigenvalue weighted by Gasteiger charge is 2.25. The second-order valence-electron chi connectivity index (χ2n) is 6.37. The number of amides is 1. The van der Waals surface area contributed by atoms with Crippen LogP contribution in [0.4, 0.5) is 0 Å². The van der Waals surface area contributed by atoms with E-state index < -0.39 is 0 Å². The summed E-state index contributed by atoms with van der Waals surface area (Å²) in [6.45, 7) is 4.04. The molecule has 1 aliphatic rings. The summed E-state index contributed by atoms with van der Waals surface area (Å²) in [5.41, 5.74) is 3.61. The van der Waals surface area contributed by atoms with Gasteiger partial charge >= 0.3 is 0 Å². The van der Waals surface area contributed by atoms with Crippen LogP contribution in [-0.2, 0) is 6.54 Å². The zero-order valence-corrected chi connectivity index (χ0v) is 13.8. The van der Waals surface area contributed by atoms with Crippen LogP contribution in [0.25, 0.3) is 11.1 Å². The van der Waals surface area contributed by atoms with Gasteiger partial charge in [0, 0.05) is 44.9 Å². The van der Waals surface area contributed by atoms with Crippen molar-refractivity contribution in [2.45, 2.75) is 6.54 Å². The van der Waals surface area contributed by atoms with Crippen molar-refractivity contribution in [3.8, 4) is 0 Å². The van der Waals surface area contributed by atoms with Crippen LogP contribution in [0.15, 0.2) is 53.1 Å². The van der Waals surface area contributed by atoms with E-state index in [1.54, 1.807) is 6.26 Å². The van der Waals surface area contributed by atoms with E-state index in [-0.39, 0.29) is 5.91 Å². The largest absolute Gasteiger partial charge is 0.463 e. The highest BCUT2D eigenvalue weighted by atomic mass is 16.3. The lowest BCUT2D eigenvalue weighted by molar-refractivity contribution is 0.0654. The second kappa shape index (κ2) is 6.17. The van der Waals surface area contributed by atoms with Gasteiger partial charge in [0.1, 0.15) is 5.69 Å². The predicted molar refractivity (Wildman–Crippen MR) is 93.1 cm³/mol. The normalized spacial score (nSPS) is 16.0. The molecule has 0 radical (unpaired) electrons. The van der Waals surface area contributed by atoms with E-state index in [9.17, 15) is 4.79 Å². The minimum atomic E-state index is 0.0884. The summed E-state index contributed by atoms with van der Waals surface area (Å²) < 4.78 is 7.60. The van der Waals surface area contributed by atoms with Crippen LogP contribution in [0.1, 0.15) is 16.1 Å². The highest BCUT2D eigenvalue weighted by Crippen LogP contribution is 2.24. The van der Waals surface area contributed by atoms with E-state index in [1.807, 2.05) is 35.2 Å². The number of piperazine rings is 1. The molecule has 1 aromatic carbocycles. The zero-order valence-electron chi connectivity index (χ0n) is 13.8. The van der Waals surface area contributed by atoms with Gasteiger partial charge in [-0.1, -0.05) is 30.3 Å². The van der Waals surface area contributed by atoms with E-state index in [4.69, 9.17) is 4.42 Å². The average molecular weight is 323 g/mol. The molecule has 124 valence electrons. The summed E-state index contributed by atoms with van der Waals surface area (Å²) in [6.07, 6.45) is 1.68. The number of fused-ring (bicyclic) bond motifs is 1. The molecule has 0 unspecified atom stereocenters. The predicted octanol–water partition coefficient (Wildman–Crippen LogP) is 2.67. The Morgan fingerprint density at radius 2 is 1.83 bits per heavy atom. The smallest absolute Gasteiger partial charge is 0.270 e. The van der Waals surface area contributed by atoms with Gasteiger partial charge in [-0.3, -0.25) is 4.79 Å². The Kier molecular flexibility index (Phi) is 3.86. The Bertz CT molecular complexity index is 842. The maximum Gasteiger partial charge on any atom is 0.270 e. The molecule has 24 heavy (non-hydrogen) atoms. The van der Waals surface area contributed by atoms with Crippen LogP contribution in [0, 0.1) is 0 Å². The summed E-state index contributed by atoms with van der Waals surface area (Å²) in [5, 5.41) is 0. The molecular formula is C19H21N3O2. The Morgan fingerprint density at radius 3 is 2.58 bits per heavy atom. The number of benzene rings is 1. The molecule has 1 saturated heterocycles. The minimum absolute atomic E-state index is 0.0884. The topological polar surface area (TPSA) is 41.6 Å². The molecule has 0 saturated carbocycles. The number of aromatic nitrogens is 1. The van der Waals surface area contributed by atoms with Crippen molar-refractivity contribution < 1.29 is 9.21 Å². The third-order valence-corrected chi connectivity index (χ3v) is 4.72. The Morgan fingerprint density at radius 1 is 1.08 bits per heavy atom.